The number of carbonyl (C=O) groups excluding carboxylic acids is 3. The fourth-order valence-electron chi connectivity index (χ4n) is 2.29. The lowest BCUT2D eigenvalue weighted by Crippen LogP contribution is -2.33. The van der Waals surface area contributed by atoms with Crippen molar-refractivity contribution in [2.75, 3.05) is 18.4 Å². The minimum atomic E-state index is -1.31. The smallest absolute Gasteiger partial charge is 0.242 e. The Morgan fingerprint density at radius 2 is 2.12 bits per heavy atom. The zero-order valence-corrected chi connectivity index (χ0v) is 14.3. The maximum absolute atomic E-state index is 12.3. The van der Waals surface area contributed by atoms with E-state index in [1.54, 1.807) is 11.0 Å². The van der Waals surface area contributed by atoms with E-state index < -0.39 is 11.2 Å². The average Bonchev–Trinajstić information content (AvgIpc) is 2.83. The molecule has 1 heterocycles. The lowest BCUT2D eigenvalue weighted by Gasteiger charge is -2.13. The van der Waals surface area contributed by atoms with Crippen LogP contribution in [0.25, 0.3) is 0 Å². The number of benzene rings is 1. The molecule has 8 heteroatoms. The van der Waals surface area contributed by atoms with E-state index in [2.05, 4.69) is 10.3 Å². The molecule has 1 unspecified atom stereocenters. The first-order valence-corrected chi connectivity index (χ1v) is 8.48. The summed E-state index contributed by atoms with van der Waals surface area (Å²) in [6.45, 7) is 4.82. The molecule has 1 aliphatic heterocycles. The maximum Gasteiger partial charge on any atom is 0.242 e. The Kier molecular flexibility index (Phi) is 5.97. The molecular formula is C16H18N3O4S-. The van der Waals surface area contributed by atoms with Crippen LogP contribution in [0.1, 0.15) is 30.6 Å². The van der Waals surface area contributed by atoms with Crippen LogP contribution in [0.2, 0.25) is 0 Å². The van der Waals surface area contributed by atoms with Crippen LogP contribution in [0.15, 0.2) is 29.3 Å². The minimum absolute atomic E-state index is 0.00170. The third-order valence-electron chi connectivity index (χ3n) is 3.38. The second-order valence-electron chi connectivity index (χ2n) is 5.07. The molecule has 24 heavy (non-hydrogen) atoms. The van der Waals surface area contributed by atoms with Gasteiger partial charge in [0, 0.05) is 25.2 Å². The third-order valence-corrected chi connectivity index (χ3v) is 4.60. The highest BCUT2D eigenvalue weighted by molar-refractivity contribution is 8.15. The van der Waals surface area contributed by atoms with Crippen molar-refractivity contribution >= 4 is 40.4 Å². The number of carboxylic acid groups (broad SMARTS) is 1. The summed E-state index contributed by atoms with van der Waals surface area (Å²) >= 11 is 1.28. The first-order valence-electron chi connectivity index (χ1n) is 7.60. The summed E-state index contributed by atoms with van der Waals surface area (Å²) in [6.07, 6.45) is -0.00170. The number of carbonyl (C=O) groups is 3. The van der Waals surface area contributed by atoms with Crippen molar-refractivity contribution in [3.8, 4) is 0 Å². The number of hydrogen-bond donors (Lipinski definition) is 1. The van der Waals surface area contributed by atoms with Gasteiger partial charge in [0.1, 0.15) is 5.25 Å². The first kappa shape index (κ1) is 18.0. The van der Waals surface area contributed by atoms with Crippen LogP contribution < -0.4 is 10.4 Å². The summed E-state index contributed by atoms with van der Waals surface area (Å²) in [4.78, 5) is 41.2. The van der Waals surface area contributed by atoms with Gasteiger partial charge in [0.25, 0.3) is 0 Å². The Morgan fingerprint density at radius 3 is 2.75 bits per heavy atom. The largest absolute Gasteiger partial charge is 0.545 e. The van der Waals surface area contributed by atoms with Gasteiger partial charge in [0.15, 0.2) is 5.17 Å². The molecule has 0 saturated carbocycles. The van der Waals surface area contributed by atoms with E-state index in [4.69, 9.17) is 0 Å². The molecule has 0 radical (unpaired) electrons. The number of rotatable bonds is 6. The summed E-state index contributed by atoms with van der Waals surface area (Å²) in [6, 6.07) is 5.80. The van der Waals surface area contributed by atoms with Crippen molar-refractivity contribution in [1.29, 1.82) is 0 Å². The predicted molar refractivity (Wildman–Crippen MR) is 90.8 cm³/mol. The average molecular weight is 348 g/mol. The minimum Gasteiger partial charge on any atom is -0.545 e. The van der Waals surface area contributed by atoms with E-state index in [9.17, 15) is 19.5 Å². The number of hydrogen-bond acceptors (Lipinski definition) is 6. The van der Waals surface area contributed by atoms with Crippen molar-refractivity contribution < 1.29 is 19.5 Å². The van der Waals surface area contributed by atoms with Crippen LogP contribution in [0, 0.1) is 0 Å². The summed E-state index contributed by atoms with van der Waals surface area (Å²) in [5.41, 5.74) is 0.334. The number of thioether (sulfide) groups is 1. The van der Waals surface area contributed by atoms with Gasteiger partial charge in [0.05, 0.1) is 5.97 Å². The normalized spacial score (nSPS) is 18.9. The molecule has 0 bridgehead atoms. The second kappa shape index (κ2) is 7.96. The van der Waals surface area contributed by atoms with E-state index in [1.165, 1.54) is 30.0 Å². The number of nitrogens with zero attached hydrogens (tertiary/aromatic N) is 2. The zero-order valence-electron chi connectivity index (χ0n) is 13.4. The van der Waals surface area contributed by atoms with E-state index in [1.807, 2.05) is 13.8 Å². The molecule has 128 valence electrons. The number of amidine groups is 1. The predicted octanol–water partition coefficient (Wildman–Crippen LogP) is 0.718. The Morgan fingerprint density at radius 1 is 1.38 bits per heavy atom. The van der Waals surface area contributed by atoms with Crippen LogP contribution in [0.5, 0.6) is 0 Å². The van der Waals surface area contributed by atoms with Gasteiger partial charge in [-0.1, -0.05) is 23.9 Å². The van der Waals surface area contributed by atoms with Crippen LogP contribution in [-0.4, -0.2) is 46.2 Å². The van der Waals surface area contributed by atoms with E-state index in [0.717, 1.165) is 0 Å². The van der Waals surface area contributed by atoms with Crippen LogP contribution in [0.3, 0.4) is 0 Å². The Bertz CT molecular complexity index is 690. The molecular weight excluding hydrogens is 330 g/mol. The molecule has 1 atom stereocenters. The Balaban J connectivity index is 2.02. The van der Waals surface area contributed by atoms with E-state index in [0.29, 0.717) is 23.9 Å². The highest BCUT2D eigenvalue weighted by Crippen LogP contribution is 2.29. The number of anilines is 1. The number of aromatic carboxylic acids is 1. The Labute approximate surface area is 144 Å². The number of nitrogens with one attached hydrogen (secondary N) is 1. The maximum atomic E-state index is 12.3. The molecule has 2 amide bonds. The van der Waals surface area contributed by atoms with Crippen LogP contribution >= 0.6 is 11.8 Å². The standard InChI is InChI=1S/C16H19N3O4S/c1-3-17-16-19(4-2)14(21)12(24-16)9-13(20)18-11-7-5-6-10(8-11)15(22)23/h5-8,12H,3-4,9H2,1-2H3,(H,18,20)(H,22,23)/p-1. The first-order chi connectivity index (χ1) is 11.5. The van der Waals surface area contributed by atoms with Crippen molar-refractivity contribution in [3.63, 3.8) is 0 Å². The van der Waals surface area contributed by atoms with Gasteiger partial charge in [0.2, 0.25) is 11.8 Å². The molecule has 1 aromatic carbocycles. The van der Waals surface area contributed by atoms with Crippen LogP contribution in [-0.2, 0) is 9.59 Å². The highest BCUT2D eigenvalue weighted by Gasteiger charge is 2.37. The van der Waals surface area contributed by atoms with Crippen molar-refractivity contribution in [3.05, 3.63) is 29.8 Å². The zero-order chi connectivity index (χ0) is 17.7. The highest BCUT2D eigenvalue weighted by atomic mass is 32.2. The molecule has 1 N–H and O–H groups in total. The van der Waals surface area contributed by atoms with Gasteiger partial charge in [-0.25, -0.2) is 0 Å². The molecule has 1 aromatic rings. The van der Waals surface area contributed by atoms with Gasteiger partial charge in [-0.15, -0.1) is 0 Å². The van der Waals surface area contributed by atoms with Gasteiger partial charge in [-0.3, -0.25) is 19.5 Å². The number of amides is 2. The van der Waals surface area contributed by atoms with Gasteiger partial charge in [-0.2, -0.15) is 0 Å². The second-order valence-corrected chi connectivity index (χ2v) is 6.24. The molecule has 0 aliphatic carbocycles. The summed E-state index contributed by atoms with van der Waals surface area (Å²) in [5, 5.41) is 13.6. The van der Waals surface area contributed by atoms with Crippen molar-refractivity contribution in [2.24, 2.45) is 4.99 Å². The van der Waals surface area contributed by atoms with Gasteiger partial charge >= 0.3 is 0 Å². The van der Waals surface area contributed by atoms with Crippen LogP contribution in [0.4, 0.5) is 5.69 Å². The molecule has 0 aromatic heterocycles. The monoisotopic (exact) mass is 348 g/mol. The SMILES string of the molecule is CCN=C1SC(CC(=O)Nc2cccc(C(=O)[O-])c2)C(=O)N1CC. The molecule has 2 rings (SSSR count). The third kappa shape index (κ3) is 4.14. The number of carboxylic acids is 1. The van der Waals surface area contributed by atoms with Crippen molar-refractivity contribution in [2.45, 2.75) is 25.5 Å². The fraction of sp³-hybridized carbons (Fsp3) is 0.375. The fourth-order valence-corrected chi connectivity index (χ4v) is 3.56. The summed E-state index contributed by atoms with van der Waals surface area (Å²) in [5.74, 6) is -1.80. The van der Waals surface area contributed by atoms with E-state index >= 15 is 0 Å². The summed E-state index contributed by atoms with van der Waals surface area (Å²) < 4.78 is 0. The lowest BCUT2D eigenvalue weighted by atomic mass is 10.2. The molecule has 1 saturated heterocycles. The summed E-state index contributed by atoms with van der Waals surface area (Å²) in [7, 11) is 0. The Hall–Kier alpha value is -2.35. The van der Waals surface area contributed by atoms with Gasteiger partial charge in [-0.05, 0) is 31.5 Å². The van der Waals surface area contributed by atoms with Gasteiger partial charge < -0.3 is 15.2 Å². The molecule has 7 nitrogen and oxygen atoms in total. The topological polar surface area (TPSA) is 102 Å². The molecule has 0 spiro atoms. The lowest BCUT2D eigenvalue weighted by molar-refractivity contribution is -0.255. The quantitative estimate of drug-likeness (QED) is 0.816. The molecule has 1 aliphatic rings. The molecule has 1 fully saturated rings. The van der Waals surface area contributed by atoms with E-state index in [-0.39, 0.29) is 23.8 Å². The van der Waals surface area contributed by atoms with Crippen molar-refractivity contribution in [1.82, 2.24) is 4.90 Å². The number of aliphatic imine (C=N–C) groups is 1.